The van der Waals surface area contributed by atoms with Crippen LogP contribution < -0.4 is 5.32 Å². The molecule has 0 aliphatic carbocycles. The van der Waals surface area contributed by atoms with Crippen LogP contribution in [0.1, 0.15) is 15.9 Å². The molecule has 0 saturated carbocycles. The number of ketones is 1. The van der Waals surface area contributed by atoms with Gasteiger partial charge in [0.2, 0.25) is 5.91 Å². The summed E-state index contributed by atoms with van der Waals surface area (Å²) in [5.41, 5.74) is 1.41. The Kier molecular flexibility index (Phi) is 4.93. The highest BCUT2D eigenvalue weighted by Crippen LogP contribution is 2.21. The quantitative estimate of drug-likeness (QED) is 0.670. The first-order valence-electron chi connectivity index (χ1n) is 5.87. The SMILES string of the molecule is O=C(CBr)Nc1ccccc1C(=O)c1cccc(Cl)c1. The molecule has 0 fully saturated rings. The lowest BCUT2D eigenvalue weighted by Crippen LogP contribution is -2.15. The third kappa shape index (κ3) is 3.46. The van der Waals surface area contributed by atoms with E-state index in [1.54, 1.807) is 48.5 Å². The molecule has 20 heavy (non-hydrogen) atoms. The molecule has 0 heterocycles. The average Bonchev–Trinajstić information content (AvgIpc) is 2.47. The Morgan fingerprint density at radius 1 is 1.10 bits per heavy atom. The highest BCUT2D eigenvalue weighted by atomic mass is 79.9. The Labute approximate surface area is 130 Å². The molecule has 2 aromatic carbocycles. The van der Waals surface area contributed by atoms with Gasteiger partial charge in [-0.3, -0.25) is 9.59 Å². The van der Waals surface area contributed by atoms with E-state index < -0.39 is 0 Å². The van der Waals surface area contributed by atoms with E-state index in [4.69, 9.17) is 11.6 Å². The van der Waals surface area contributed by atoms with Crippen LogP contribution in [0.3, 0.4) is 0 Å². The Morgan fingerprint density at radius 3 is 2.55 bits per heavy atom. The first-order chi connectivity index (χ1) is 9.61. The summed E-state index contributed by atoms with van der Waals surface area (Å²) in [6.45, 7) is 0. The predicted molar refractivity (Wildman–Crippen MR) is 83.8 cm³/mol. The van der Waals surface area contributed by atoms with E-state index in [1.165, 1.54) is 0 Å². The maximum atomic E-state index is 12.5. The molecule has 0 atom stereocenters. The van der Waals surface area contributed by atoms with Gasteiger partial charge in [-0.05, 0) is 24.3 Å². The maximum Gasteiger partial charge on any atom is 0.235 e. The lowest BCUT2D eigenvalue weighted by molar-refractivity contribution is -0.113. The minimum absolute atomic E-state index is 0.173. The van der Waals surface area contributed by atoms with E-state index in [-0.39, 0.29) is 17.0 Å². The molecule has 2 rings (SSSR count). The summed E-state index contributed by atoms with van der Waals surface area (Å²) in [7, 11) is 0. The van der Waals surface area contributed by atoms with Gasteiger partial charge in [-0.1, -0.05) is 51.8 Å². The van der Waals surface area contributed by atoms with Crippen molar-refractivity contribution in [3.8, 4) is 0 Å². The van der Waals surface area contributed by atoms with E-state index in [1.807, 2.05) is 0 Å². The number of para-hydroxylation sites is 1. The Morgan fingerprint density at radius 2 is 1.85 bits per heavy atom. The van der Waals surface area contributed by atoms with Crippen LogP contribution >= 0.6 is 27.5 Å². The van der Waals surface area contributed by atoms with Gasteiger partial charge >= 0.3 is 0 Å². The second-order valence-electron chi connectivity index (χ2n) is 4.07. The lowest BCUT2D eigenvalue weighted by Gasteiger charge is -2.09. The molecule has 0 saturated heterocycles. The molecule has 1 N–H and O–H groups in total. The normalized spacial score (nSPS) is 10.1. The number of benzene rings is 2. The molecule has 0 aliphatic rings. The van der Waals surface area contributed by atoms with E-state index in [2.05, 4.69) is 21.2 Å². The summed E-state index contributed by atoms with van der Waals surface area (Å²) < 4.78 is 0. The zero-order chi connectivity index (χ0) is 14.5. The van der Waals surface area contributed by atoms with Gasteiger partial charge in [-0.25, -0.2) is 0 Å². The van der Waals surface area contributed by atoms with Crippen LogP contribution in [0.2, 0.25) is 5.02 Å². The Bertz CT molecular complexity index is 658. The van der Waals surface area contributed by atoms with Gasteiger partial charge in [0.1, 0.15) is 0 Å². The van der Waals surface area contributed by atoms with Gasteiger partial charge in [-0.2, -0.15) is 0 Å². The van der Waals surface area contributed by atoms with Crippen molar-refractivity contribution in [1.82, 2.24) is 0 Å². The second-order valence-corrected chi connectivity index (χ2v) is 5.06. The summed E-state index contributed by atoms with van der Waals surface area (Å²) in [4.78, 5) is 23.9. The van der Waals surface area contributed by atoms with Crippen molar-refractivity contribution < 1.29 is 9.59 Å². The number of rotatable bonds is 4. The molecule has 102 valence electrons. The molecule has 5 heteroatoms. The van der Waals surface area contributed by atoms with Crippen LogP contribution in [0.5, 0.6) is 0 Å². The number of alkyl halides is 1. The van der Waals surface area contributed by atoms with Crippen molar-refractivity contribution in [3.05, 3.63) is 64.7 Å². The van der Waals surface area contributed by atoms with Crippen LogP contribution in [-0.2, 0) is 4.79 Å². The van der Waals surface area contributed by atoms with Gasteiger partial charge in [-0.15, -0.1) is 0 Å². The van der Waals surface area contributed by atoms with Crippen LogP contribution in [0.15, 0.2) is 48.5 Å². The molecule has 1 amide bonds. The molecule has 0 unspecified atom stereocenters. The van der Waals surface area contributed by atoms with Crippen LogP contribution in [0.25, 0.3) is 0 Å². The van der Waals surface area contributed by atoms with E-state index in [9.17, 15) is 9.59 Å². The standard InChI is InChI=1S/C15H11BrClNO2/c16-9-14(19)18-13-7-2-1-6-12(13)15(20)10-4-3-5-11(17)8-10/h1-8H,9H2,(H,18,19). The van der Waals surface area contributed by atoms with Crippen molar-refractivity contribution in [2.75, 3.05) is 10.6 Å². The number of carbonyl (C=O) groups is 2. The van der Waals surface area contributed by atoms with Gasteiger partial charge in [0.05, 0.1) is 11.0 Å². The minimum Gasteiger partial charge on any atom is -0.325 e. The van der Waals surface area contributed by atoms with Crippen LogP contribution in [-0.4, -0.2) is 17.0 Å². The molecular formula is C15H11BrClNO2. The van der Waals surface area contributed by atoms with Crippen LogP contribution in [0.4, 0.5) is 5.69 Å². The zero-order valence-electron chi connectivity index (χ0n) is 10.4. The number of hydrogen-bond donors (Lipinski definition) is 1. The summed E-state index contributed by atoms with van der Waals surface area (Å²) in [5.74, 6) is -0.394. The van der Waals surface area contributed by atoms with Crippen molar-refractivity contribution in [2.24, 2.45) is 0 Å². The Balaban J connectivity index is 2.37. The van der Waals surface area contributed by atoms with Gasteiger partial charge in [0, 0.05) is 16.1 Å². The fourth-order valence-corrected chi connectivity index (χ4v) is 2.09. The minimum atomic E-state index is -0.212. The smallest absolute Gasteiger partial charge is 0.235 e. The molecule has 0 bridgehead atoms. The van der Waals surface area contributed by atoms with E-state index in [0.29, 0.717) is 21.8 Å². The van der Waals surface area contributed by atoms with Crippen LogP contribution in [0, 0.1) is 0 Å². The monoisotopic (exact) mass is 351 g/mol. The molecule has 2 aromatic rings. The maximum absolute atomic E-state index is 12.5. The summed E-state index contributed by atoms with van der Waals surface area (Å²) >= 11 is 8.97. The van der Waals surface area contributed by atoms with Crippen molar-refractivity contribution in [1.29, 1.82) is 0 Å². The highest BCUT2D eigenvalue weighted by Gasteiger charge is 2.14. The molecule has 0 radical (unpaired) electrons. The molecule has 0 aliphatic heterocycles. The van der Waals surface area contributed by atoms with E-state index >= 15 is 0 Å². The zero-order valence-corrected chi connectivity index (χ0v) is 12.7. The number of carbonyl (C=O) groups excluding carboxylic acids is 2. The molecule has 0 spiro atoms. The van der Waals surface area contributed by atoms with Gasteiger partial charge in [0.25, 0.3) is 0 Å². The number of amides is 1. The topological polar surface area (TPSA) is 46.2 Å². The van der Waals surface area contributed by atoms with Gasteiger partial charge < -0.3 is 5.32 Å². The number of hydrogen-bond acceptors (Lipinski definition) is 2. The van der Waals surface area contributed by atoms with E-state index in [0.717, 1.165) is 0 Å². The largest absolute Gasteiger partial charge is 0.325 e. The van der Waals surface area contributed by atoms with Crippen molar-refractivity contribution in [2.45, 2.75) is 0 Å². The fraction of sp³-hybridized carbons (Fsp3) is 0.0667. The van der Waals surface area contributed by atoms with Crippen molar-refractivity contribution in [3.63, 3.8) is 0 Å². The number of nitrogens with one attached hydrogen (secondary N) is 1. The second kappa shape index (κ2) is 6.68. The highest BCUT2D eigenvalue weighted by molar-refractivity contribution is 9.09. The third-order valence-electron chi connectivity index (χ3n) is 2.65. The first kappa shape index (κ1) is 14.8. The summed E-state index contributed by atoms with van der Waals surface area (Å²) in [5, 5.41) is 3.36. The average molecular weight is 353 g/mol. The number of anilines is 1. The van der Waals surface area contributed by atoms with Gasteiger partial charge in [0.15, 0.2) is 5.78 Å². The summed E-state index contributed by atoms with van der Waals surface area (Å²) in [6.07, 6.45) is 0. The Hall–Kier alpha value is -1.65. The fourth-order valence-electron chi connectivity index (χ4n) is 1.76. The third-order valence-corrected chi connectivity index (χ3v) is 3.40. The van der Waals surface area contributed by atoms with Crippen molar-refractivity contribution >= 4 is 44.9 Å². The summed E-state index contributed by atoms with van der Waals surface area (Å²) in [6, 6.07) is 13.6. The molecule has 0 aromatic heterocycles. The first-order valence-corrected chi connectivity index (χ1v) is 7.37. The molecule has 3 nitrogen and oxygen atoms in total. The lowest BCUT2D eigenvalue weighted by atomic mass is 10.0. The number of halogens is 2. The predicted octanol–water partition coefficient (Wildman–Crippen LogP) is 3.90. The molecular weight excluding hydrogens is 342 g/mol.